The number of ether oxygens (including phenoxy) is 1. The topological polar surface area (TPSA) is 38.3 Å². The monoisotopic (exact) mass is 471 g/mol. The van der Waals surface area contributed by atoms with Crippen molar-refractivity contribution < 1.29 is 9.53 Å². The minimum atomic E-state index is -0.0983. The average molecular weight is 473 g/mol. The summed E-state index contributed by atoms with van der Waals surface area (Å²) >= 11 is 11.2. The van der Waals surface area contributed by atoms with Crippen LogP contribution in [0.5, 0.6) is 5.75 Å². The summed E-state index contributed by atoms with van der Waals surface area (Å²) in [5, 5.41) is 3.60. The summed E-state index contributed by atoms with van der Waals surface area (Å²) in [4.78, 5) is 14.0. The Hall–Kier alpha value is -2.21. The number of nitrogens with one attached hydrogen (secondary N) is 1. The fraction of sp³-hybridized carbons (Fsp3) is 0.0455. The number of carbonyl (C=O) groups excluding carboxylic acids is 1. The number of thioether (sulfide) groups is 1. The van der Waals surface area contributed by atoms with E-state index in [1.165, 1.54) is 11.8 Å². The zero-order valence-electron chi connectivity index (χ0n) is 14.6. The van der Waals surface area contributed by atoms with Crippen LogP contribution in [-0.2, 0) is 11.4 Å². The lowest BCUT2D eigenvalue weighted by atomic mass is 10.2. The van der Waals surface area contributed by atoms with Crippen molar-refractivity contribution in [2.45, 2.75) is 11.5 Å². The molecule has 1 amide bonds. The van der Waals surface area contributed by atoms with Crippen LogP contribution in [0.25, 0.3) is 6.08 Å². The van der Waals surface area contributed by atoms with Crippen molar-refractivity contribution in [3.05, 3.63) is 92.3 Å². The molecule has 6 heteroatoms. The van der Waals surface area contributed by atoms with Gasteiger partial charge >= 0.3 is 0 Å². The van der Waals surface area contributed by atoms with E-state index in [-0.39, 0.29) is 5.91 Å². The highest BCUT2D eigenvalue weighted by Crippen LogP contribution is 2.39. The molecule has 0 radical (unpaired) electrons. The van der Waals surface area contributed by atoms with Gasteiger partial charge in [0.2, 0.25) is 0 Å². The molecule has 3 nitrogen and oxygen atoms in total. The van der Waals surface area contributed by atoms with Gasteiger partial charge in [0, 0.05) is 15.5 Å². The Balaban J connectivity index is 1.51. The predicted octanol–water partition coefficient (Wildman–Crippen LogP) is 6.77. The van der Waals surface area contributed by atoms with E-state index >= 15 is 0 Å². The number of anilines is 1. The lowest BCUT2D eigenvalue weighted by Crippen LogP contribution is -2.17. The molecule has 0 atom stereocenters. The molecule has 1 heterocycles. The fourth-order valence-corrected chi connectivity index (χ4v) is 4.40. The molecular weight excluding hydrogens is 458 g/mol. The van der Waals surface area contributed by atoms with Gasteiger partial charge in [-0.3, -0.25) is 4.79 Å². The normalized spacial score (nSPS) is 14.5. The average Bonchev–Trinajstić information content (AvgIpc) is 2.69. The minimum Gasteiger partial charge on any atom is -0.488 e. The van der Waals surface area contributed by atoms with Crippen LogP contribution >= 0.6 is 39.3 Å². The minimum absolute atomic E-state index is 0.0983. The number of para-hydroxylation sites is 1. The molecule has 3 aromatic rings. The first kappa shape index (κ1) is 19.1. The van der Waals surface area contributed by atoms with Crippen molar-refractivity contribution in [1.29, 1.82) is 0 Å². The molecule has 0 spiro atoms. The molecule has 28 heavy (non-hydrogen) atoms. The van der Waals surface area contributed by atoms with Crippen molar-refractivity contribution in [3.8, 4) is 5.75 Å². The van der Waals surface area contributed by atoms with Crippen LogP contribution in [0.3, 0.4) is 0 Å². The maximum atomic E-state index is 12.4. The molecule has 0 saturated carbocycles. The van der Waals surface area contributed by atoms with Gasteiger partial charge in [-0.1, -0.05) is 59.8 Å². The molecule has 0 unspecified atom stereocenters. The smallest absolute Gasteiger partial charge is 0.262 e. The predicted molar refractivity (Wildman–Crippen MR) is 119 cm³/mol. The van der Waals surface area contributed by atoms with E-state index < -0.39 is 0 Å². The van der Waals surface area contributed by atoms with Crippen molar-refractivity contribution in [3.63, 3.8) is 0 Å². The third-order valence-electron chi connectivity index (χ3n) is 4.17. The van der Waals surface area contributed by atoms with Crippen molar-refractivity contribution in [1.82, 2.24) is 0 Å². The van der Waals surface area contributed by atoms with Crippen molar-refractivity contribution >= 4 is 57.0 Å². The number of hydrogen-bond acceptors (Lipinski definition) is 3. The van der Waals surface area contributed by atoms with Gasteiger partial charge in [0.05, 0.1) is 15.1 Å². The molecular formula is C22H15BrClNO2S. The highest BCUT2D eigenvalue weighted by Gasteiger charge is 2.20. The summed E-state index contributed by atoms with van der Waals surface area (Å²) in [6.45, 7) is 0.383. The first-order valence-electron chi connectivity index (χ1n) is 8.56. The Labute approximate surface area is 180 Å². The SMILES string of the molecule is O=C1Nc2ccccc2S/C1=C\c1ccc(OCc2ccccc2Cl)c(Br)c1. The number of carbonyl (C=O) groups is 1. The molecule has 0 fully saturated rings. The van der Waals surface area contributed by atoms with Gasteiger partial charge in [-0.05, 0) is 57.9 Å². The Kier molecular flexibility index (Phi) is 5.76. The van der Waals surface area contributed by atoms with E-state index in [0.29, 0.717) is 22.3 Å². The second-order valence-electron chi connectivity index (χ2n) is 6.13. The standard InChI is InChI=1S/C22H15BrClNO2S/c23-16-11-14(9-10-19(16)27-13-15-5-1-2-6-17(15)24)12-21-22(26)25-18-7-3-4-8-20(18)28-21/h1-12H,13H2,(H,25,26)/b21-12-. The van der Waals surface area contributed by atoms with Gasteiger partial charge in [0.1, 0.15) is 12.4 Å². The molecule has 0 bridgehead atoms. The summed E-state index contributed by atoms with van der Waals surface area (Å²) in [6, 6.07) is 21.1. The van der Waals surface area contributed by atoms with E-state index in [4.69, 9.17) is 16.3 Å². The number of amides is 1. The van der Waals surface area contributed by atoms with Crippen LogP contribution in [0.15, 0.2) is 81.0 Å². The van der Waals surface area contributed by atoms with E-state index in [1.807, 2.05) is 72.8 Å². The van der Waals surface area contributed by atoms with E-state index in [2.05, 4.69) is 21.2 Å². The molecule has 1 aliphatic rings. The molecule has 3 aromatic carbocycles. The van der Waals surface area contributed by atoms with Crippen LogP contribution in [0.4, 0.5) is 5.69 Å². The van der Waals surface area contributed by atoms with Gasteiger partial charge in [-0.15, -0.1) is 0 Å². The van der Waals surface area contributed by atoms with Crippen LogP contribution in [0, 0.1) is 0 Å². The molecule has 0 aliphatic carbocycles. The third-order valence-corrected chi connectivity index (χ3v) is 6.26. The molecule has 4 rings (SSSR count). The highest BCUT2D eigenvalue weighted by molar-refractivity contribution is 9.10. The highest BCUT2D eigenvalue weighted by atomic mass is 79.9. The Morgan fingerprint density at radius 1 is 1.07 bits per heavy atom. The van der Waals surface area contributed by atoms with Gasteiger partial charge in [0.15, 0.2) is 0 Å². The second-order valence-corrected chi connectivity index (χ2v) is 8.48. The molecule has 140 valence electrons. The zero-order chi connectivity index (χ0) is 19.5. The first-order chi connectivity index (χ1) is 13.6. The lowest BCUT2D eigenvalue weighted by molar-refractivity contribution is -0.112. The number of hydrogen-bond donors (Lipinski definition) is 1. The van der Waals surface area contributed by atoms with Gasteiger partial charge in [0.25, 0.3) is 5.91 Å². The number of rotatable bonds is 4. The molecule has 1 N–H and O–H groups in total. The van der Waals surface area contributed by atoms with Crippen LogP contribution in [0.1, 0.15) is 11.1 Å². The molecule has 0 aromatic heterocycles. The van der Waals surface area contributed by atoms with E-state index in [1.54, 1.807) is 0 Å². The fourth-order valence-electron chi connectivity index (χ4n) is 2.75. The van der Waals surface area contributed by atoms with E-state index in [0.717, 1.165) is 26.2 Å². The number of fused-ring (bicyclic) bond motifs is 1. The van der Waals surface area contributed by atoms with Gasteiger partial charge in [-0.2, -0.15) is 0 Å². The van der Waals surface area contributed by atoms with E-state index in [9.17, 15) is 4.79 Å². The maximum absolute atomic E-state index is 12.4. The zero-order valence-corrected chi connectivity index (χ0v) is 17.8. The first-order valence-corrected chi connectivity index (χ1v) is 10.5. The summed E-state index contributed by atoms with van der Waals surface area (Å²) in [5.74, 6) is 0.618. The maximum Gasteiger partial charge on any atom is 0.262 e. The number of benzene rings is 3. The summed E-state index contributed by atoms with van der Waals surface area (Å²) in [5.41, 5.74) is 2.68. The van der Waals surface area contributed by atoms with Gasteiger partial charge in [-0.25, -0.2) is 0 Å². The molecule has 0 saturated heterocycles. The van der Waals surface area contributed by atoms with Gasteiger partial charge < -0.3 is 10.1 Å². The van der Waals surface area contributed by atoms with Crippen molar-refractivity contribution in [2.75, 3.05) is 5.32 Å². The Morgan fingerprint density at radius 2 is 1.86 bits per heavy atom. The second kappa shape index (κ2) is 8.43. The van der Waals surface area contributed by atoms with Crippen LogP contribution < -0.4 is 10.1 Å². The Bertz CT molecular complexity index is 1080. The summed E-state index contributed by atoms with van der Waals surface area (Å²) < 4.78 is 6.70. The largest absolute Gasteiger partial charge is 0.488 e. The summed E-state index contributed by atoms with van der Waals surface area (Å²) in [6.07, 6.45) is 1.87. The quantitative estimate of drug-likeness (QED) is 0.426. The third kappa shape index (κ3) is 4.27. The number of halogens is 2. The van der Waals surface area contributed by atoms with Crippen LogP contribution in [-0.4, -0.2) is 5.91 Å². The Morgan fingerprint density at radius 3 is 2.68 bits per heavy atom. The van der Waals surface area contributed by atoms with Crippen LogP contribution in [0.2, 0.25) is 5.02 Å². The van der Waals surface area contributed by atoms with Crippen molar-refractivity contribution in [2.24, 2.45) is 0 Å². The summed E-state index contributed by atoms with van der Waals surface area (Å²) in [7, 11) is 0. The lowest BCUT2D eigenvalue weighted by Gasteiger charge is -2.18. The molecule has 1 aliphatic heterocycles.